The molecule has 5 nitrogen and oxygen atoms in total. The van der Waals surface area contributed by atoms with Gasteiger partial charge in [-0.2, -0.15) is 21.6 Å². The predicted molar refractivity (Wildman–Crippen MR) is 87.6 cm³/mol. The van der Waals surface area contributed by atoms with Gasteiger partial charge < -0.3 is 4.84 Å². The van der Waals surface area contributed by atoms with Crippen LogP contribution in [0.4, 0.5) is 18.9 Å². The molecule has 0 aliphatic carbocycles. The molecule has 10 heteroatoms. The van der Waals surface area contributed by atoms with E-state index in [1.807, 2.05) is 13.8 Å². The Kier molecular flexibility index (Phi) is 6.67. The highest BCUT2D eigenvalue weighted by molar-refractivity contribution is 7.93. The summed E-state index contributed by atoms with van der Waals surface area (Å²) in [6.45, 7) is 5.35. The molecule has 0 saturated carbocycles. The third kappa shape index (κ3) is 5.72. The van der Waals surface area contributed by atoms with E-state index in [-0.39, 0.29) is 28.6 Å². The lowest BCUT2D eigenvalue weighted by atomic mass is 10.1. The lowest BCUT2D eigenvalue weighted by molar-refractivity contribution is -0.0429. The lowest BCUT2D eigenvalue weighted by Crippen LogP contribution is -2.30. The van der Waals surface area contributed by atoms with Crippen LogP contribution < -0.4 is 4.72 Å². The van der Waals surface area contributed by atoms with Gasteiger partial charge in [0.15, 0.2) is 0 Å². The topological polar surface area (TPSA) is 67.8 Å². The van der Waals surface area contributed by atoms with Gasteiger partial charge in [0.25, 0.3) is 0 Å². The Balaban J connectivity index is 3.13. The number of nitrogens with zero attached hydrogens (tertiary/aromatic N) is 1. The molecule has 0 aromatic heterocycles. The van der Waals surface area contributed by atoms with Gasteiger partial charge in [0.1, 0.15) is 6.61 Å². The molecule has 24 heavy (non-hydrogen) atoms. The highest BCUT2D eigenvalue weighted by Gasteiger charge is 2.46. The Bertz CT molecular complexity index is 755. The third-order valence-corrected chi connectivity index (χ3v) is 4.02. The summed E-state index contributed by atoms with van der Waals surface area (Å²) in [5.41, 5.74) is -4.49. The van der Waals surface area contributed by atoms with E-state index in [0.717, 1.165) is 11.6 Å². The first-order chi connectivity index (χ1) is 10.9. The maximum absolute atomic E-state index is 12.5. The minimum Gasteiger partial charge on any atom is -0.391 e. The maximum Gasteiger partial charge on any atom is 0.516 e. The summed E-state index contributed by atoms with van der Waals surface area (Å²) in [6.07, 6.45) is 1.75. The number of halogens is 4. The zero-order chi connectivity index (χ0) is 18.5. The molecule has 0 radical (unpaired) electrons. The number of alkyl halides is 3. The summed E-state index contributed by atoms with van der Waals surface area (Å²) in [7, 11) is -5.55. The summed E-state index contributed by atoms with van der Waals surface area (Å²) in [6, 6.07) is 3.67. The Morgan fingerprint density at radius 2 is 1.96 bits per heavy atom. The fraction of sp³-hybridized carbons (Fsp3) is 0.357. The smallest absolute Gasteiger partial charge is 0.391 e. The first-order valence-electron chi connectivity index (χ1n) is 6.63. The zero-order valence-electron chi connectivity index (χ0n) is 13.1. The lowest BCUT2D eigenvalue weighted by Gasteiger charge is -2.14. The van der Waals surface area contributed by atoms with Crippen molar-refractivity contribution in [2.24, 2.45) is 5.16 Å². The van der Waals surface area contributed by atoms with E-state index in [4.69, 9.17) is 16.4 Å². The molecule has 1 rings (SSSR count). The van der Waals surface area contributed by atoms with Crippen LogP contribution in [-0.4, -0.2) is 26.2 Å². The van der Waals surface area contributed by atoms with Crippen molar-refractivity contribution in [3.8, 4) is 0 Å². The number of benzene rings is 1. The number of hydrogen-bond donors (Lipinski definition) is 1. The zero-order valence-corrected chi connectivity index (χ0v) is 14.7. The molecular formula is C14H16ClF3N2O3S. The van der Waals surface area contributed by atoms with Gasteiger partial charge in [0.2, 0.25) is 0 Å². The van der Waals surface area contributed by atoms with Gasteiger partial charge in [-0.25, -0.2) is 0 Å². The molecule has 1 aromatic rings. The Morgan fingerprint density at radius 3 is 2.50 bits per heavy atom. The first kappa shape index (κ1) is 20.3. The summed E-state index contributed by atoms with van der Waals surface area (Å²) in [5, 5.41) is 3.96. The number of rotatable bonds is 6. The van der Waals surface area contributed by atoms with E-state index in [1.54, 1.807) is 6.08 Å². The van der Waals surface area contributed by atoms with Gasteiger partial charge in [-0.05, 0) is 45.0 Å². The second-order valence-corrected chi connectivity index (χ2v) is 7.11. The van der Waals surface area contributed by atoms with Crippen molar-refractivity contribution in [3.63, 3.8) is 0 Å². The van der Waals surface area contributed by atoms with E-state index in [2.05, 4.69) is 5.16 Å². The van der Waals surface area contributed by atoms with Crippen LogP contribution >= 0.6 is 11.6 Å². The van der Waals surface area contributed by atoms with Crippen LogP contribution in [0.25, 0.3) is 0 Å². The van der Waals surface area contributed by atoms with Crippen LogP contribution in [0.1, 0.15) is 26.3 Å². The van der Waals surface area contributed by atoms with Gasteiger partial charge in [0.05, 0.1) is 11.4 Å². The molecule has 0 heterocycles. The van der Waals surface area contributed by atoms with Crippen LogP contribution in [-0.2, 0) is 14.9 Å². The van der Waals surface area contributed by atoms with Crippen molar-refractivity contribution in [1.82, 2.24) is 0 Å². The van der Waals surface area contributed by atoms with Gasteiger partial charge >= 0.3 is 15.5 Å². The largest absolute Gasteiger partial charge is 0.516 e. The van der Waals surface area contributed by atoms with Crippen molar-refractivity contribution in [2.45, 2.75) is 26.3 Å². The Hall–Kier alpha value is -1.74. The van der Waals surface area contributed by atoms with E-state index < -0.39 is 15.5 Å². The minimum absolute atomic E-state index is 0.0764. The molecule has 0 bridgehead atoms. The maximum atomic E-state index is 12.5. The SMILES string of the molecule is CC(C)=CCON=C(C)c1cc(Cl)ccc1NS(=O)(=O)C(F)(F)F. The molecule has 0 saturated heterocycles. The summed E-state index contributed by atoms with van der Waals surface area (Å²) < 4.78 is 61.6. The van der Waals surface area contributed by atoms with E-state index in [1.165, 1.54) is 23.8 Å². The Labute approximate surface area is 143 Å². The van der Waals surface area contributed by atoms with Crippen LogP contribution in [0.3, 0.4) is 0 Å². The molecule has 0 atom stereocenters. The normalized spacial score (nSPS) is 12.7. The van der Waals surface area contributed by atoms with Gasteiger partial charge in [-0.15, -0.1) is 0 Å². The fourth-order valence-corrected chi connectivity index (χ4v) is 2.25. The van der Waals surface area contributed by atoms with E-state index in [0.29, 0.717) is 0 Å². The number of sulfonamides is 1. The second kappa shape index (κ2) is 7.89. The van der Waals surface area contributed by atoms with Crippen molar-refractivity contribution >= 4 is 33.0 Å². The third-order valence-electron chi connectivity index (χ3n) is 2.69. The van der Waals surface area contributed by atoms with Crippen molar-refractivity contribution in [3.05, 3.63) is 40.4 Å². The van der Waals surface area contributed by atoms with Gasteiger partial charge in [0, 0.05) is 10.6 Å². The monoisotopic (exact) mass is 384 g/mol. The average Bonchev–Trinajstić information content (AvgIpc) is 2.43. The average molecular weight is 385 g/mol. The fourth-order valence-electron chi connectivity index (χ4n) is 1.49. The second-order valence-electron chi connectivity index (χ2n) is 5.00. The van der Waals surface area contributed by atoms with E-state index in [9.17, 15) is 21.6 Å². The summed E-state index contributed by atoms with van der Waals surface area (Å²) in [4.78, 5) is 5.02. The molecule has 0 unspecified atom stereocenters. The van der Waals surface area contributed by atoms with Crippen molar-refractivity contribution in [2.75, 3.05) is 11.3 Å². The van der Waals surface area contributed by atoms with Crippen molar-refractivity contribution < 1.29 is 26.4 Å². The number of nitrogens with one attached hydrogen (secondary N) is 1. The highest BCUT2D eigenvalue weighted by Crippen LogP contribution is 2.28. The van der Waals surface area contributed by atoms with Crippen molar-refractivity contribution in [1.29, 1.82) is 0 Å². The van der Waals surface area contributed by atoms with Crippen LogP contribution in [0.2, 0.25) is 5.02 Å². The molecular weight excluding hydrogens is 369 g/mol. The van der Waals surface area contributed by atoms with Crippen LogP contribution in [0, 0.1) is 0 Å². The molecule has 0 aliphatic heterocycles. The van der Waals surface area contributed by atoms with E-state index >= 15 is 0 Å². The molecule has 1 aromatic carbocycles. The van der Waals surface area contributed by atoms with Gasteiger partial charge in [-0.3, -0.25) is 4.72 Å². The predicted octanol–water partition coefficient (Wildman–Crippen LogP) is 4.31. The number of anilines is 1. The molecule has 0 spiro atoms. The number of allylic oxidation sites excluding steroid dienone is 1. The van der Waals surface area contributed by atoms with Crippen LogP contribution in [0.15, 0.2) is 35.0 Å². The first-order valence-corrected chi connectivity index (χ1v) is 8.49. The minimum atomic E-state index is -5.55. The highest BCUT2D eigenvalue weighted by atomic mass is 35.5. The number of hydrogen-bond acceptors (Lipinski definition) is 4. The standard InChI is InChI=1S/C14H16ClF3N2O3S/c1-9(2)6-7-23-19-10(3)12-8-11(15)4-5-13(12)20-24(21,22)14(16,17)18/h4-6,8,20H,7H2,1-3H3. The van der Waals surface area contributed by atoms with Gasteiger partial charge in [-0.1, -0.05) is 22.3 Å². The van der Waals surface area contributed by atoms with Crippen LogP contribution in [0.5, 0.6) is 0 Å². The quantitative estimate of drug-likeness (QED) is 0.344. The summed E-state index contributed by atoms with van der Waals surface area (Å²) >= 11 is 5.82. The number of oxime groups is 1. The summed E-state index contributed by atoms with van der Waals surface area (Å²) in [5.74, 6) is 0. The molecule has 0 fully saturated rings. The molecule has 0 aliphatic rings. The Morgan fingerprint density at radius 1 is 1.33 bits per heavy atom. The molecule has 1 N–H and O–H groups in total. The molecule has 134 valence electrons. The molecule has 0 amide bonds.